The van der Waals surface area contributed by atoms with E-state index < -0.39 is 11.6 Å². The fourth-order valence-electron chi connectivity index (χ4n) is 6.07. The number of aryl methyl sites for hydroxylation is 2. The van der Waals surface area contributed by atoms with Gasteiger partial charge in [-0.1, -0.05) is 35.9 Å². The number of nitrogens with zero attached hydrogens (tertiary/aromatic N) is 4. The summed E-state index contributed by atoms with van der Waals surface area (Å²) in [4.78, 5) is 21.9. The monoisotopic (exact) mass is 612 g/mol. The zero-order chi connectivity index (χ0) is 32.9. The van der Waals surface area contributed by atoms with E-state index in [1.165, 1.54) is 11.3 Å². The summed E-state index contributed by atoms with van der Waals surface area (Å²) in [6.07, 6.45) is -0.0272. The van der Waals surface area contributed by atoms with Crippen molar-refractivity contribution in [3.63, 3.8) is 0 Å². The fraction of sp³-hybridized carbons (Fsp3) is 0.405. The summed E-state index contributed by atoms with van der Waals surface area (Å²) in [7, 11) is 0. The third-order valence-corrected chi connectivity index (χ3v) is 7.95. The van der Waals surface area contributed by atoms with Crippen molar-refractivity contribution < 1.29 is 19.7 Å². The van der Waals surface area contributed by atoms with Crippen LogP contribution in [0, 0.1) is 20.8 Å². The van der Waals surface area contributed by atoms with Crippen LogP contribution in [0.1, 0.15) is 48.8 Å². The van der Waals surface area contributed by atoms with Crippen molar-refractivity contribution >= 4 is 28.4 Å². The number of carbonyl (C=O) groups is 1. The average molecular weight is 613 g/mol. The van der Waals surface area contributed by atoms with Crippen molar-refractivity contribution in [2.45, 2.75) is 66.7 Å². The summed E-state index contributed by atoms with van der Waals surface area (Å²) in [6, 6.07) is 16.9. The quantitative estimate of drug-likeness (QED) is 0.231. The molecular weight excluding hydrogens is 564 g/mol. The van der Waals surface area contributed by atoms with Crippen molar-refractivity contribution in [1.82, 2.24) is 14.5 Å². The number of benzene rings is 2. The second kappa shape index (κ2) is 14.4. The van der Waals surface area contributed by atoms with Crippen molar-refractivity contribution in [2.24, 2.45) is 0 Å². The maximum atomic E-state index is 12.1. The molecule has 0 aliphatic carbocycles. The van der Waals surface area contributed by atoms with Crippen molar-refractivity contribution in [3.8, 4) is 11.1 Å². The summed E-state index contributed by atoms with van der Waals surface area (Å²) in [5.74, 6) is 0.0896. The van der Waals surface area contributed by atoms with Crippen LogP contribution in [-0.2, 0) is 29.0 Å². The highest BCUT2D eigenvalue weighted by Gasteiger charge is 2.30. The van der Waals surface area contributed by atoms with Crippen LogP contribution >= 0.6 is 0 Å². The molecule has 1 saturated heterocycles. The lowest BCUT2D eigenvalue weighted by molar-refractivity contribution is -0.136. The van der Waals surface area contributed by atoms with E-state index in [9.17, 15) is 9.90 Å². The van der Waals surface area contributed by atoms with Gasteiger partial charge in [-0.2, -0.15) is 0 Å². The van der Waals surface area contributed by atoms with Crippen LogP contribution in [0.5, 0.6) is 0 Å². The Morgan fingerprint density at radius 1 is 0.978 bits per heavy atom. The minimum absolute atomic E-state index is 0.0272. The first-order valence-corrected chi connectivity index (χ1v) is 15.6. The molecule has 0 radical (unpaired) electrons. The van der Waals surface area contributed by atoms with Gasteiger partial charge >= 0.3 is 5.97 Å². The number of hydrogen-bond donors (Lipinski definition) is 2. The predicted octanol–water partition coefficient (Wildman–Crippen LogP) is 6.82. The lowest BCUT2D eigenvalue weighted by atomic mass is 9.88. The molecule has 4 heterocycles. The molecule has 4 aromatic rings. The van der Waals surface area contributed by atoms with Crippen LogP contribution in [0.2, 0.25) is 0 Å². The van der Waals surface area contributed by atoms with Crippen molar-refractivity contribution in [3.05, 3.63) is 89.8 Å². The molecule has 6 rings (SSSR count). The fourth-order valence-corrected chi connectivity index (χ4v) is 6.07. The Morgan fingerprint density at radius 3 is 2.24 bits per heavy atom. The number of aliphatic carboxylic acids is 1. The van der Waals surface area contributed by atoms with Gasteiger partial charge in [0.15, 0.2) is 0 Å². The number of carboxylic acids is 1. The number of carboxylic acid groups (broad SMARTS) is 1. The largest absolute Gasteiger partial charge is 0.481 e. The van der Waals surface area contributed by atoms with Gasteiger partial charge in [0.2, 0.25) is 0 Å². The van der Waals surface area contributed by atoms with Gasteiger partial charge in [0.25, 0.3) is 0 Å². The lowest BCUT2D eigenvalue weighted by Crippen LogP contribution is -2.36. The Balaban J connectivity index is 0.000000602. The van der Waals surface area contributed by atoms with Crippen LogP contribution < -0.4 is 4.90 Å². The summed E-state index contributed by atoms with van der Waals surface area (Å²) >= 11 is 0. The van der Waals surface area contributed by atoms with Crippen molar-refractivity contribution in [1.29, 1.82) is 0 Å². The molecule has 8 nitrogen and oxygen atoms in total. The second-order valence-corrected chi connectivity index (χ2v) is 12.7. The first-order chi connectivity index (χ1) is 21.4. The Bertz CT molecular complexity index is 1620. The van der Waals surface area contributed by atoms with E-state index in [1.807, 2.05) is 0 Å². The molecule has 2 aliphatic heterocycles. The van der Waals surface area contributed by atoms with Crippen LogP contribution in [-0.4, -0.2) is 69.1 Å². The number of anilines is 2. The molecule has 0 bridgehead atoms. The third-order valence-electron chi connectivity index (χ3n) is 7.95. The van der Waals surface area contributed by atoms with Gasteiger partial charge in [-0.3, -0.25) is 9.69 Å². The number of hydrogen-bond acceptors (Lipinski definition) is 6. The van der Waals surface area contributed by atoms with E-state index in [1.54, 1.807) is 20.8 Å². The molecule has 0 spiro atoms. The molecule has 2 aromatic heterocycles. The average Bonchev–Trinajstić information content (AvgIpc) is 3.33. The standard InChI is InChI=1S/C31H34N4O3.C4H10O.C2H4/c1-20-7-9-23(10-8-20)29-25(18-28(36)37)22(3)30-31-26(29)17-21(2)34(31)11-12-35(30)27-6-4-5-24(32-27)19-33-13-15-38-16-14-33;1-4(2,3)5;1-2/h4-10,17H,11-16,18-19H2,1-3H3,(H,36,37);5H,1-3H3;1-2H2. The van der Waals surface area contributed by atoms with Gasteiger partial charge in [-0.15, -0.1) is 13.2 Å². The van der Waals surface area contributed by atoms with Crippen LogP contribution in [0.3, 0.4) is 0 Å². The van der Waals surface area contributed by atoms with Gasteiger partial charge in [0.05, 0.1) is 42.1 Å². The summed E-state index contributed by atoms with van der Waals surface area (Å²) < 4.78 is 7.89. The minimum atomic E-state index is -0.822. The summed E-state index contributed by atoms with van der Waals surface area (Å²) in [5, 5.41) is 19.6. The smallest absolute Gasteiger partial charge is 0.307 e. The zero-order valence-electron chi connectivity index (χ0n) is 27.7. The number of rotatable bonds is 6. The number of aliphatic hydroxyl groups is 1. The SMILES string of the molecule is C=C.CC(C)(C)O.Cc1ccc(-c2c(CC(=O)O)c(C)c3c4c2cc(C)n4CCN3c2cccc(CN3CCOCC3)n2)cc1. The molecule has 8 heteroatoms. The van der Waals surface area contributed by atoms with E-state index in [-0.39, 0.29) is 6.42 Å². The molecule has 0 atom stereocenters. The maximum Gasteiger partial charge on any atom is 0.307 e. The van der Waals surface area contributed by atoms with Gasteiger partial charge in [-0.25, -0.2) is 4.98 Å². The topological polar surface area (TPSA) is 91.1 Å². The Kier molecular flexibility index (Phi) is 10.9. The predicted molar refractivity (Wildman–Crippen MR) is 183 cm³/mol. The summed E-state index contributed by atoms with van der Waals surface area (Å²) in [5.41, 5.74) is 9.11. The first kappa shape index (κ1) is 33.9. The number of ether oxygens (including phenoxy) is 1. The van der Waals surface area contributed by atoms with Crippen LogP contribution in [0.4, 0.5) is 11.5 Å². The van der Waals surface area contributed by atoms with E-state index in [4.69, 9.17) is 14.8 Å². The second-order valence-electron chi connectivity index (χ2n) is 12.7. The normalized spacial score (nSPS) is 14.8. The van der Waals surface area contributed by atoms with Crippen LogP contribution in [0.25, 0.3) is 22.0 Å². The molecule has 1 fully saturated rings. The lowest BCUT2D eigenvalue weighted by Gasteiger charge is -2.34. The highest BCUT2D eigenvalue weighted by molar-refractivity contribution is 6.08. The molecule has 0 amide bonds. The van der Waals surface area contributed by atoms with Gasteiger partial charge in [0, 0.05) is 43.8 Å². The molecule has 0 unspecified atom stereocenters. The number of morpholine rings is 1. The van der Waals surface area contributed by atoms with E-state index in [0.29, 0.717) is 0 Å². The summed E-state index contributed by atoms with van der Waals surface area (Å²) in [6.45, 7) is 23.3. The van der Waals surface area contributed by atoms with Gasteiger partial charge in [-0.05, 0) is 82.0 Å². The van der Waals surface area contributed by atoms with Gasteiger partial charge in [0.1, 0.15) is 5.82 Å². The van der Waals surface area contributed by atoms with Gasteiger partial charge < -0.3 is 24.4 Å². The molecule has 2 aromatic carbocycles. The Labute approximate surface area is 267 Å². The van der Waals surface area contributed by atoms with E-state index in [2.05, 4.69) is 96.8 Å². The van der Waals surface area contributed by atoms with E-state index in [0.717, 1.165) is 96.3 Å². The Morgan fingerprint density at radius 2 is 1.62 bits per heavy atom. The molecule has 2 aliphatic rings. The number of aromatic nitrogens is 2. The zero-order valence-corrected chi connectivity index (χ0v) is 27.7. The number of pyridine rings is 1. The minimum Gasteiger partial charge on any atom is -0.481 e. The first-order valence-electron chi connectivity index (χ1n) is 15.6. The molecule has 240 valence electrons. The molecule has 45 heavy (non-hydrogen) atoms. The third kappa shape index (κ3) is 8.00. The molecule has 2 N–H and O–H groups in total. The van der Waals surface area contributed by atoms with Crippen molar-refractivity contribution in [2.75, 3.05) is 37.7 Å². The highest BCUT2D eigenvalue weighted by Crippen LogP contribution is 2.46. The van der Waals surface area contributed by atoms with E-state index >= 15 is 0 Å². The maximum absolute atomic E-state index is 12.1. The highest BCUT2D eigenvalue weighted by atomic mass is 16.5. The van der Waals surface area contributed by atoms with Crippen LogP contribution in [0.15, 0.2) is 61.7 Å². The molecule has 0 saturated carbocycles. The molecular formula is C37H48N4O4. The Hall–Kier alpha value is -3.98.